The largest absolute Gasteiger partial charge is 0.383 e. The lowest BCUT2D eigenvalue weighted by molar-refractivity contribution is 0.744. The van der Waals surface area contributed by atoms with Gasteiger partial charge in [-0.3, -0.25) is 5.10 Å². The number of aryl methyl sites for hydroxylation is 1. The van der Waals surface area contributed by atoms with Gasteiger partial charge < -0.3 is 5.32 Å². The van der Waals surface area contributed by atoms with Crippen LogP contribution in [0.2, 0.25) is 0 Å². The first-order valence-corrected chi connectivity index (χ1v) is 6.00. The molecule has 2 aromatic rings. The van der Waals surface area contributed by atoms with E-state index < -0.39 is 0 Å². The molecule has 1 aromatic heterocycles. The fourth-order valence-corrected chi connectivity index (χ4v) is 1.91. The molecule has 0 atom stereocenters. The SMILES string of the molecule is CCCCCNc1cccc2c(C)[nH]nc12. The van der Waals surface area contributed by atoms with Crippen LogP contribution in [0, 0.1) is 6.92 Å². The molecule has 0 aliphatic rings. The van der Waals surface area contributed by atoms with Crippen molar-refractivity contribution in [2.45, 2.75) is 33.1 Å². The molecule has 0 aliphatic carbocycles. The molecule has 0 fully saturated rings. The fourth-order valence-electron chi connectivity index (χ4n) is 1.91. The highest BCUT2D eigenvalue weighted by Gasteiger charge is 2.05. The minimum atomic E-state index is 1.03. The number of fused-ring (bicyclic) bond motifs is 1. The zero-order chi connectivity index (χ0) is 11.4. The van der Waals surface area contributed by atoms with Crippen molar-refractivity contribution in [3.63, 3.8) is 0 Å². The molecular formula is C13H19N3. The van der Waals surface area contributed by atoms with Crippen LogP contribution in [0.4, 0.5) is 5.69 Å². The molecule has 16 heavy (non-hydrogen) atoms. The summed E-state index contributed by atoms with van der Waals surface area (Å²) >= 11 is 0. The van der Waals surface area contributed by atoms with Crippen LogP contribution in [0.3, 0.4) is 0 Å². The summed E-state index contributed by atoms with van der Waals surface area (Å²) in [5, 5.41) is 12.0. The van der Waals surface area contributed by atoms with E-state index in [-0.39, 0.29) is 0 Å². The van der Waals surface area contributed by atoms with Gasteiger partial charge in [0.05, 0.1) is 5.69 Å². The van der Waals surface area contributed by atoms with Gasteiger partial charge in [-0.1, -0.05) is 31.9 Å². The Morgan fingerprint density at radius 1 is 1.31 bits per heavy atom. The van der Waals surface area contributed by atoms with Crippen LogP contribution < -0.4 is 5.32 Å². The maximum Gasteiger partial charge on any atom is 0.115 e. The van der Waals surface area contributed by atoms with Crippen molar-refractivity contribution in [2.75, 3.05) is 11.9 Å². The molecule has 2 rings (SSSR count). The number of rotatable bonds is 5. The number of nitrogens with zero attached hydrogens (tertiary/aromatic N) is 1. The third-order valence-electron chi connectivity index (χ3n) is 2.87. The Hall–Kier alpha value is -1.51. The van der Waals surface area contributed by atoms with Gasteiger partial charge in [0.1, 0.15) is 5.52 Å². The van der Waals surface area contributed by atoms with Gasteiger partial charge in [-0.25, -0.2) is 0 Å². The topological polar surface area (TPSA) is 40.7 Å². The Balaban J connectivity index is 2.11. The summed E-state index contributed by atoms with van der Waals surface area (Å²) in [7, 11) is 0. The summed E-state index contributed by atoms with van der Waals surface area (Å²) in [5.41, 5.74) is 3.32. The number of aromatic nitrogens is 2. The maximum absolute atomic E-state index is 4.33. The predicted molar refractivity (Wildman–Crippen MR) is 68.8 cm³/mol. The minimum Gasteiger partial charge on any atom is -0.383 e. The van der Waals surface area contributed by atoms with Crippen LogP contribution >= 0.6 is 0 Å². The first-order valence-electron chi connectivity index (χ1n) is 6.00. The summed E-state index contributed by atoms with van der Waals surface area (Å²) in [5.74, 6) is 0. The standard InChI is InChI=1S/C13H19N3/c1-3-4-5-9-14-12-8-6-7-11-10(2)15-16-13(11)12/h6-8,14H,3-5,9H2,1-2H3,(H,15,16). The second kappa shape index (κ2) is 5.01. The van der Waals surface area contributed by atoms with E-state index in [0.29, 0.717) is 0 Å². The number of para-hydroxylation sites is 1. The quantitative estimate of drug-likeness (QED) is 0.753. The Morgan fingerprint density at radius 3 is 3.00 bits per heavy atom. The number of hydrogen-bond donors (Lipinski definition) is 2. The molecule has 2 N–H and O–H groups in total. The normalized spacial score (nSPS) is 10.9. The van der Waals surface area contributed by atoms with Gasteiger partial charge in [0, 0.05) is 17.6 Å². The maximum atomic E-state index is 4.33. The van der Waals surface area contributed by atoms with E-state index in [2.05, 4.69) is 47.6 Å². The lowest BCUT2D eigenvalue weighted by Gasteiger charge is -2.06. The Labute approximate surface area is 96.2 Å². The van der Waals surface area contributed by atoms with Crippen molar-refractivity contribution in [1.82, 2.24) is 10.2 Å². The van der Waals surface area contributed by atoms with Gasteiger partial charge >= 0.3 is 0 Å². The highest BCUT2D eigenvalue weighted by atomic mass is 15.1. The second-order valence-corrected chi connectivity index (χ2v) is 4.18. The molecule has 1 aromatic carbocycles. The average molecular weight is 217 g/mol. The molecule has 3 nitrogen and oxygen atoms in total. The average Bonchev–Trinajstić information content (AvgIpc) is 2.68. The summed E-state index contributed by atoms with van der Waals surface area (Å²) in [6, 6.07) is 6.27. The second-order valence-electron chi connectivity index (χ2n) is 4.18. The van der Waals surface area contributed by atoms with Crippen LogP contribution in [0.15, 0.2) is 18.2 Å². The minimum absolute atomic E-state index is 1.03. The van der Waals surface area contributed by atoms with Crippen LogP contribution in [0.25, 0.3) is 10.9 Å². The molecule has 0 saturated heterocycles. The van der Waals surface area contributed by atoms with Crippen LogP contribution in [0.5, 0.6) is 0 Å². The first kappa shape index (κ1) is 11.0. The number of aromatic amines is 1. The molecule has 1 heterocycles. The molecule has 86 valence electrons. The molecule has 0 spiro atoms. The van der Waals surface area contributed by atoms with E-state index in [1.807, 2.05) is 0 Å². The van der Waals surface area contributed by atoms with Gasteiger partial charge in [-0.15, -0.1) is 0 Å². The van der Waals surface area contributed by atoms with Crippen molar-refractivity contribution < 1.29 is 0 Å². The number of benzene rings is 1. The molecule has 0 radical (unpaired) electrons. The predicted octanol–water partition coefficient (Wildman–Crippen LogP) is 3.47. The molecular weight excluding hydrogens is 198 g/mol. The van der Waals surface area contributed by atoms with Crippen LogP contribution in [-0.4, -0.2) is 16.7 Å². The molecule has 0 saturated carbocycles. The summed E-state index contributed by atoms with van der Waals surface area (Å²) in [6.07, 6.45) is 3.76. The van der Waals surface area contributed by atoms with Crippen molar-refractivity contribution in [2.24, 2.45) is 0 Å². The van der Waals surface area contributed by atoms with Crippen molar-refractivity contribution in [3.8, 4) is 0 Å². The third-order valence-corrected chi connectivity index (χ3v) is 2.87. The van der Waals surface area contributed by atoms with Crippen molar-refractivity contribution in [3.05, 3.63) is 23.9 Å². The smallest absolute Gasteiger partial charge is 0.115 e. The van der Waals surface area contributed by atoms with Gasteiger partial charge in [0.15, 0.2) is 0 Å². The lowest BCUT2D eigenvalue weighted by atomic mass is 10.2. The van der Waals surface area contributed by atoms with Gasteiger partial charge in [-0.05, 0) is 19.4 Å². The number of unbranched alkanes of at least 4 members (excludes halogenated alkanes) is 2. The van der Waals surface area contributed by atoms with E-state index in [0.717, 1.165) is 23.4 Å². The molecule has 0 unspecified atom stereocenters. The van der Waals surface area contributed by atoms with Crippen LogP contribution in [0.1, 0.15) is 31.9 Å². The van der Waals surface area contributed by atoms with Crippen molar-refractivity contribution in [1.29, 1.82) is 0 Å². The van der Waals surface area contributed by atoms with E-state index >= 15 is 0 Å². The van der Waals surface area contributed by atoms with Crippen LogP contribution in [-0.2, 0) is 0 Å². The monoisotopic (exact) mass is 217 g/mol. The molecule has 0 aliphatic heterocycles. The Bertz CT molecular complexity index is 459. The van der Waals surface area contributed by atoms with Gasteiger partial charge in [-0.2, -0.15) is 5.10 Å². The summed E-state index contributed by atoms with van der Waals surface area (Å²) in [6.45, 7) is 5.30. The summed E-state index contributed by atoms with van der Waals surface area (Å²) in [4.78, 5) is 0. The molecule has 3 heteroatoms. The third kappa shape index (κ3) is 2.18. The van der Waals surface area contributed by atoms with Crippen molar-refractivity contribution >= 4 is 16.6 Å². The van der Waals surface area contributed by atoms with E-state index in [1.54, 1.807) is 0 Å². The zero-order valence-corrected chi connectivity index (χ0v) is 10.0. The summed E-state index contributed by atoms with van der Waals surface area (Å²) < 4.78 is 0. The van der Waals surface area contributed by atoms with E-state index in [1.165, 1.54) is 24.6 Å². The van der Waals surface area contributed by atoms with Gasteiger partial charge in [0.2, 0.25) is 0 Å². The lowest BCUT2D eigenvalue weighted by Crippen LogP contribution is -2.01. The Morgan fingerprint density at radius 2 is 2.19 bits per heavy atom. The first-order chi connectivity index (χ1) is 7.83. The zero-order valence-electron chi connectivity index (χ0n) is 10.0. The Kier molecular flexibility index (Phi) is 3.44. The highest BCUT2D eigenvalue weighted by molar-refractivity contribution is 5.91. The number of anilines is 1. The number of hydrogen-bond acceptors (Lipinski definition) is 2. The fraction of sp³-hybridized carbons (Fsp3) is 0.462. The van der Waals surface area contributed by atoms with Gasteiger partial charge in [0.25, 0.3) is 0 Å². The molecule has 0 bridgehead atoms. The highest BCUT2D eigenvalue weighted by Crippen LogP contribution is 2.23. The number of nitrogens with one attached hydrogen (secondary N) is 2. The number of H-pyrrole nitrogens is 1. The molecule has 0 amide bonds. The van der Waals surface area contributed by atoms with E-state index in [9.17, 15) is 0 Å². The van der Waals surface area contributed by atoms with E-state index in [4.69, 9.17) is 0 Å².